The van der Waals surface area contributed by atoms with E-state index in [1.807, 2.05) is 6.92 Å². The number of allylic oxidation sites excluding steroid dienone is 1. The predicted molar refractivity (Wildman–Crippen MR) is 127 cm³/mol. The molecule has 0 radical (unpaired) electrons. The minimum atomic E-state index is -1.50. The third kappa shape index (κ3) is 3.38. The van der Waals surface area contributed by atoms with Gasteiger partial charge < -0.3 is 15.3 Å². The SMILES string of the molecule is C=C(CCC(C)C1CCC2C3CC(O)C4(O)CC(O)CC(=O)C4(C)C3CCC12C)C(C)C. The molecule has 4 heteroatoms. The van der Waals surface area contributed by atoms with Gasteiger partial charge in [0, 0.05) is 12.8 Å². The van der Waals surface area contributed by atoms with E-state index in [9.17, 15) is 20.1 Å². The highest BCUT2D eigenvalue weighted by molar-refractivity contribution is 5.88. The van der Waals surface area contributed by atoms with Crippen LogP contribution in [0.1, 0.15) is 92.4 Å². The molecule has 4 fully saturated rings. The zero-order valence-electron chi connectivity index (χ0n) is 20.9. The Morgan fingerprint density at radius 2 is 1.81 bits per heavy atom. The molecule has 0 heterocycles. The monoisotopic (exact) mass is 446 g/mol. The van der Waals surface area contributed by atoms with Crippen molar-refractivity contribution < 1.29 is 20.1 Å². The van der Waals surface area contributed by atoms with Crippen molar-refractivity contribution in [3.63, 3.8) is 0 Å². The Hall–Kier alpha value is -0.710. The number of fused-ring (bicyclic) bond motifs is 5. The van der Waals surface area contributed by atoms with E-state index in [0.29, 0.717) is 30.1 Å². The van der Waals surface area contributed by atoms with Crippen LogP contribution in [0, 0.1) is 46.3 Å². The lowest BCUT2D eigenvalue weighted by Gasteiger charge is -2.64. The molecule has 0 saturated heterocycles. The summed E-state index contributed by atoms with van der Waals surface area (Å²) in [5, 5.41) is 33.0. The van der Waals surface area contributed by atoms with Gasteiger partial charge in [0.1, 0.15) is 11.4 Å². The molecule has 0 bridgehead atoms. The Morgan fingerprint density at radius 3 is 2.47 bits per heavy atom. The summed E-state index contributed by atoms with van der Waals surface area (Å²) in [4.78, 5) is 13.3. The van der Waals surface area contributed by atoms with Crippen molar-refractivity contribution >= 4 is 5.78 Å². The van der Waals surface area contributed by atoms with Crippen molar-refractivity contribution in [2.24, 2.45) is 46.3 Å². The molecular formula is C28H46O4. The number of hydrogen-bond acceptors (Lipinski definition) is 4. The molecule has 32 heavy (non-hydrogen) atoms. The van der Waals surface area contributed by atoms with Crippen LogP contribution in [-0.4, -0.2) is 38.9 Å². The van der Waals surface area contributed by atoms with Gasteiger partial charge in [0.25, 0.3) is 0 Å². The normalized spacial score (nSPS) is 49.3. The quantitative estimate of drug-likeness (QED) is 0.525. The van der Waals surface area contributed by atoms with Gasteiger partial charge in [-0.05, 0) is 92.8 Å². The van der Waals surface area contributed by atoms with E-state index >= 15 is 0 Å². The minimum absolute atomic E-state index is 0.0498. The van der Waals surface area contributed by atoms with Crippen LogP contribution in [0.2, 0.25) is 0 Å². The predicted octanol–water partition coefficient (Wildman–Crippen LogP) is 4.90. The van der Waals surface area contributed by atoms with E-state index in [4.69, 9.17) is 0 Å². The number of aliphatic hydroxyl groups is 3. The van der Waals surface area contributed by atoms with Crippen molar-refractivity contribution in [1.82, 2.24) is 0 Å². The second kappa shape index (κ2) is 8.20. The van der Waals surface area contributed by atoms with E-state index < -0.39 is 23.2 Å². The van der Waals surface area contributed by atoms with Gasteiger partial charge in [0.15, 0.2) is 0 Å². The highest BCUT2D eigenvalue weighted by atomic mass is 16.3. The van der Waals surface area contributed by atoms with Crippen molar-refractivity contribution in [3.05, 3.63) is 12.2 Å². The molecule has 182 valence electrons. The smallest absolute Gasteiger partial charge is 0.144 e. The first-order valence-corrected chi connectivity index (χ1v) is 13.2. The van der Waals surface area contributed by atoms with E-state index in [-0.39, 0.29) is 35.9 Å². The van der Waals surface area contributed by atoms with Gasteiger partial charge >= 0.3 is 0 Å². The molecule has 0 aliphatic heterocycles. The Bertz CT molecular complexity index is 761. The zero-order valence-corrected chi connectivity index (χ0v) is 20.9. The number of Topliss-reactive ketones (excluding diaryl/α,β-unsaturated/α-hetero) is 1. The molecule has 0 aromatic heterocycles. The molecule has 10 atom stereocenters. The molecule has 0 amide bonds. The highest BCUT2D eigenvalue weighted by Gasteiger charge is 2.70. The molecule has 3 N–H and O–H groups in total. The second-order valence-electron chi connectivity index (χ2n) is 12.8. The van der Waals surface area contributed by atoms with Crippen LogP contribution in [0.5, 0.6) is 0 Å². The molecule has 4 aliphatic rings. The maximum Gasteiger partial charge on any atom is 0.144 e. The number of rotatable bonds is 5. The summed E-state index contributed by atoms with van der Waals surface area (Å²) in [6, 6.07) is 0. The summed E-state index contributed by atoms with van der Waals surface area (Å²) >= 11 is 0. The number of aliphatic hydroxyl groups excluding tert-OH is 2. The van der Waals surface area contributed by atoms with Crippen molar-refractivity contribution in [2.45, 2.75) is 110 Å². The fourth-order valence-corrected chi connectivity index (χ4v) is 8.98. The van der Waals surface area contributed by atoms with Crippen molar-refractivity contribution in [2.75, 3.05) is 0 Å². The Kier molecular flexibility index (Phi) is 6.26. The average Bonchev–Trinajstić information content (AvgIpc) is 3.06. The standard InChI is InChI=1S/C28H46O4/c1-16(2)17(3)7-8-18(4)21-9-10-22-20-14-25(31)28(32)15-19(29)13-24(30)27(28,6)23(20)11-12-26(21,22)5/h16,18-23,25,29,31-32H,3,7-15H2,1-2,4-6H3. The molecule has 4 aliphatic carbocycles. The van der Waals surface area contributed by atoms with E-state index in [1.54, 1.807) is 0 Å². The highest BCUT2D eigenvalue weighted by Crippen LogP contribution is 2.68. The molecule has 4 nitrogen and oxygen atoms in total. The van der Waals surface area contributed by atoms with Crippen LogP contribution in [-0.2, 0) is 4.79 Å². The Balaban J connectivity index is 1.57. The molecule has 10 unspecified atom stereocenters. The number of ketones is 1. The molecule has 0 spiro atoms. The first-order chi connectivity index (χ1) is 14.9. The molecule has 4 rings (SSSR count). The third-order valence-corrected chi connectivity index (χ3v) is 11.2. The van der Waals surface area contributed by atoms with Gasteiger partial charge in [-0.1, -0.05) is 39.8 Å². The van der Waals surface area contributed by atoms with Crippen LogP contribution < -0.4 is 0 Å². The molecule has 4 saturated carbocycles. The topological polar surface area (TPSA) is 77.8 Å². The first kappa shape index (κ1) is 24.4. The number of carbonyl (C=O) groups is 1. The lowest BCUT2D eigenvalue weighted by Crippen LogP contribution is -2.71. The summed E-state index contributed by atoms with van der Waals surface area (Å²) in [6.07, 6.45) is 5.69. The average molecular weight is 447 g/mol. The van der Waals surface area contributed by atoms with Gasteiger partial charge in [0.2, 0.25) is 0 Å². The van der Waals surface area contributed by atoms with Gasteiger partial charge in [-0.3, -0.25) is 4.79 Å². The maximum atomic E-state index is 13.3. The summed E-state index contributed by atoms with van der Waals surface area (Å²) in [6.45, 7) is 15.5. The maximum absolute atomic E-state index is 13.3. The first-order valence-electron chi connectivity index (χ1n) is 13.2. The Morgan fingerprint density at radius 1 is 1.12 bits per heavy atom. The number of carbonyl (C=O) groups excluding carboxylic acids is 1. The minimum Gasteiger partial charge on any atom is -0.393 e. The fourth-order valence-electron chi connectivity index (χ4n) is 8.98. The fraction of sp³-hybridized carbons (Fsp3) is 0.893. The van der Waals surface area contributed by atoms with Gasteiger partial charge in [-0.15, -0.1) is 0 Å². The Labute approximate surface area is 194 Å². The summed E-state index contributed by atoms with van der Waals surface area (Å²) in [7, 11) is 0. The van der Waals surface area contributed by atoms with Gasteiger partial charge in [-0.2, -0.15) is 0 Å². The van der Waals surface area contributed by atoms with E-state index in [2.05, 4.69) is 34.3 Å². The van der Waals surface area contributed by atoms with Crippen LogP contribution in [0.3, 0.4) is 0 Å². The molecule has 0 aromatic carbocycles. The van der Waals surface area contributed by atoms with E-state index in [1.165, 1.54) is 18.4 Å². The van der Waals surface area contributed by atoms with Gasteiger partial charge in [-0.25, -0.2) is 0 Å². The van der Waals surface area contributed by atoms with Gasteiger partial charge in [0.05, 0.1) is 17.6 Å². The van der Waals surface area contributed by atoms with E-state index in [0.717, 1.165) is 25.7 Å². The lowest BCUT2D eigenvalue weighted by molar-refractivity contribution is -0.251. The molecular weight excluding hydrogens is 400 g/mol. The van der Waals surface area contributed by atoms with Crippen molar-refractivity contribution in [1.29, 1.82) is 0 Å². The number of hydrogen-bond donors (Lipinski definition) is 3. The largest absolute Gasteiger partial charge is 0.393 e. The van der Waals surface area contributed by atoms with Crippen LogP contribution in [0.25, 0.3) is 0 Å². The summed E-state index contributed by atoms with van der Waals surface area (Å²) in [5.41, 5.74) is -0.864. The third-order valence-electron chi connectivity index (χ3n) is 11.2. The van der Waals surface area contributed by atoms with Crippen LogP contribution in [0.15, 0.2) is 12.2 Å². The van der Waals surface area contributed by atoms with Crippen LogP contribution >= 0.6 is 0 Å². The lowest BCUT2D eigenvalue weighted by atomic mass is 9.42. The zero-order chi connectivity index (χ0) is 23.6. The molecule has 0 aromatic rings. The summed E-state index contributed by atoms with van der Waals surface area (Å²) in [5.74, 6) is 2.68. The summed E-state index contributed by atoms with van der Waals surface area (Å²) < 4.78 is 0. The second-order valence-corrected chi connectivity index (χ2v) is 12.8. The van der Waals surface area contributed by atoms with Crippen LogP contribution in [0.4, 0.5) is 0 Å². The van der Waals surface area contributed by atoms with Crippen molar-refractivity contribution in [3.8, 4) is 0 Å².